The second-order valence-corrected chi connectivity index (χ2v) is 16.7. The molecule has 6 N–H and O–H groups in total. The predicted molar refractivity (Wildman–Crippen MR) is 248 cm³/mol. The molecule has 1 fully saturated rings. The number of hydrogen-bond acceptors (Lipinski definition) is 12. The van der Waals surface area contributed by atoms with Gasteiger partial charge in [-0.05, 0) is 70.6 Å². The van der Waals surface area contributed by atoms with Crippen LogP contribution in [0.1, 0.15) is 129 Å². The number of carbonyl (C=O) groups is 2. The Morgan fingerprint density at radius 2 is 1.00 bits per heavy atom. The lowest BCUT2D eigenvalue weighted by atomic mass is 9.85. The normalized spacial score (nSPS) is 22.7. The van der Waals surface area contributed by atoms with Crippen LogP contribution in [0.2, 0.25) is 0 Å². The fourth-order valence-electron chi connectivity index (χ4n) is 6.04. The van der Waals surface area contributed by atoms with E-state index in [1.54, 1.807) is 0 Å². The number of rotatable bonds is 35. The second kappa shape index (κ2) is 37.8. The monoisotopic (exact) mass is 905 g/mol. The number of unbranched alkanes of at least 4 members (excludes halogenated alkanes) is 8. The Balaban J connectivity index is 2.55. The smallest absolute Gasteiger partial charge is 0.462 e. The van der Waals surface area contributed by atoms with Crippen LogP contribution in [0.25, 0.3) is 0 Å². The number of allylic oxidation sites excluding steroid dienone is 18. The van der Waals surface area contributed by atoms with Crippen LogP contribution < -0.4 is 0 Å². The first-order valence-electron chi connectivity index (χ1n) is 22.7. The van der Waals surface area contributed by atoms with Gasteiger partial charge in [0.05, 0.1) is 6.61 Å². The molecule has 356 valence electrons. The summed E-state index contributed by atoms with van der Waals surface area (Å²) in [5.74, 6) is -1.24. The van der Waals surface area contributed by atoms with E-state index in [0.29, 0.717) is 19.3 Å². The van der Waals surface area contributed by atoms with Gasteiger partial charge < -0.3 is 39.9 Å². The standard InChI is InChI=1S/C49H77O13P/c1-3-5-7-9-11-13-15-17-19-20-21-22-24-26-28-30-32-34-36-38-43(51)61-41(40-60-63(57,58)62-49-47(55)45(53)44(52)46(54)48(49)56)39-59-42(50)37-35-33-31-29-27-25-23-18-16-14-12-10-8-6-4-2/h6,8,10-14,16-19,21-23,26,28,32,34,41,44-49,52-56H,3-5,7,9,15,20,24-25,27,29-31,33,35-40H2,1-2H3,(H,57,58)/b8-6+,12-10+,13-11+,16-14+,19-17+,22-21+,23-18+,28-26+,34-32+/t41-,44?,45-,46?,47?,48?,49?/m1/s1. The van der Waals surface area contributed by atoms with Gasteiger partial charge in [0.2, 0.25) is 0 Å². The molecule has 1 rings (SSSR count). The van der Waals surface area contributed by atoms with Crippen LogP contribution in [0, 0.1) is 0 Å². The summed E-state index contributed by atoms with van der Waals surface area (Å²) in [5, 5.41) is 50.1. The Hall–Kier alpha value is -3.49. The molecular weight excluding hydrogens is 827 g/mol. The van der Waals surface area contributed by atoms with Gasteiger partial charge in [-0.25, -0.2) is 4.57 Å². The van der Waals surface area contributed by atoms with E-state index in [9.17, 15) is 44.6 Å². The maximum absolute atomic E-state index is 12.8. The number of aliphatic hydroxyl groups is 5. The highest BCUT2D eigenvalue weighted by atomic mass is 31.2. The van der Waals surface area contributed by atoms with Crippen molar-refractivity contribution < 1.29 is 63.1 Å². The summed E-state index contributed by atoms with van der Waals surface area (Å²) < 4.78 is 33.4. The highest BCUT2D eigenvalue weighted by molar-refractivity contribution is 7.47. The molecule has 14 heteroatoms. The van der Waals surface area contributed by atoms with Crippen molar-refractivity contribution in [3.63, 3.8) is 0 Å². The number of phosphoric acid groups is 1. The van der Waals surface area contributed by atoms with E-state index in [1.165, 1.54) is 19.3 Å². The number of ether oxygens (including phenoxy) is 2. The average Bonchev–Trinajstić information content (AvgIpc) is 3.26. The quantitative estimate of drug-likeness (QED) is 0.0116. The van der Waals surface area contributed by atoms with Gasteiger partial charge in [-0.15, -0.1) is 0 Å². The van der Waals surface area contributed by atoms with E-state index in [4.69, 9.17) is 18.5 Å². The first-order valence-corrected chi connectivity index (χ1v) is 24.2. The van der Waals surface area contributed by atoms with Crippen LogP contribution in [-0.4, -0.2) is 98.3 Å². The third-order valence-corrected chi connectivity index (χ3v) is 10.7. The molecule has 0 radical (unpaired) electrons. The molecule has 1 aliphatic rings. The number of phosphoric ester groups is 1. The minimum absolute atomic E-state index is 0.0395. The molecule has 1 aliphatic carbocycles. The van der Waals surface area contributed by atoms with Gasteiger partial charge in [0.25, 0.3) is 0 Å². The minimum Gasteiger partial charge on any atom is -0.462 e. The molecule has 13 nitrogen and oxygen atoms in total. The van der Waals surface area contributed by atoms with Gasteiger partial charge in [0.1, 0.15) is 43.2 Å². The maximum Gasteiger partial charge on any atom is 0.472 e. The lowest BCUT2D eigenvalue weighted by Crippen LogP contribution is -2.64. The molecule has 0 saturated heterocycles. The molecule has 8 atom stereocenters. The summed E-state index contributed by atoms with van der Waals surface area (Å²) in [7, 11) is -5.15. The summed E-state index contributed by atoms with van der Waals surface area (Å²) in [5.41, 5.74) is 0. The van der Waals surface area contributed by atoms with Gasteiger partial charge in [-0.3, -0.25) is 18.6 Å². The molecule has 6 unspecified atom stereocenters. The summed E-state index contributed by atoms with van der Waals surface area (Å²) in [4.78, 5) is 35.6. The molecular formula is C49H77O13P. The second-order valence-electron chi connectivity index (χ2n) is 15.3. The number of esters is 2. The van der Waals surface area contributed by atoms with E-state index in [-0.39, 0.29) is 12.8 Å². The van der Waals surface area contributed by atoms with E-state index in [1.807, 2.05) is 54.7 Å². The van der Waals surface area contributed by atoms with Crippen LogP contribution in [0.3, 0.4) is 0 Å². The lowest BCUT2D eigenvalue weighted by molar-refractivity contribution is -0.220. The summed E-state index contributed by atoms with van der Waals surface area (Å²) >= 11 is 0. The van der Waals surface area contributed by atoms with Crippen LogP contribution in [0.15, 0.2) is 109 Å². The topological polar surface area (TPSA) is 210 Å². The molecule has 0 aromatic carbocycles. The van der Waals surface area contributed by atoms with E-state index < -0.39 is 75.7 Å². The van der Waals surface area contributed by atoms with Gasteiger partial charge in [0, 0.05) is 12.8 Å². The van der Waals surface area contributed by atoms with Crippen molar-refractivity contribution in [2.24, 2.45) is 0 Å². The summed E-state index contributed by atoms with van der Waals surface area (Å²) in [6.07, 6.45) is 38.7. The van der Waals surface area contributed by atoms with Crippen molar-refractivity contribution >= 4 is 19.8 Å². The predicted octanol–water partition coefficient (Wildman–Crippen LogP) is 8.83. The largest absolute Gasteiger partial charge is 0.472 e. The number of aliphatic hydroxyl groups excluding tert-OH is 5. The Morgan fingerprint density at radius 1 is 0.524 bits per heavy atom. The van der Waals surface area contributed by atoms with Gasteiger partial charge in [-0.1, -0.05) is 155 Å². The van der Waals surface area contributed by atoms with E-state index >= 15 is 0 Å². The zero-order valence-corrected chi connectivity index (χ0v) is 38.5. The highest BCUT2D eigenvalue weighted by Crippen LogP contribution is 2.47. The van der Waals surface area contributed by atoms with Crippen molar-refractivity contribution in [3.05, 3.63) is 109 Å². The van der Waals surface area contributed by atoms with Crippen LogP contribution in [0.4, 0.5) is 0 Å². The number of hydrogen-bond donors (Lipinski definition) is 6. The fraction of sp³-hybridized carbons (Fsp3) is 0.592. The average molecular weight is 905 g/mol. The number of carbonyl (C=O) groups excluding carboxylic acids is 2. The van der Waals surface area contributed by atoms with Gasteiger partial charge in [0.15, 0.2) is 6.10 Å². The third kappa shape index (κ3) is 30.3. The Bertz CT molecular complexity index is 1510. The third-order valence-electron chi connectivity index (χ3n) is 9.71. The van der Waals surface area contributed by atoms with E-state index in [0.717, 1.165) is 64.2 Å². The van der Waals surface area contributed by atoms with Gasteiger partial charge >= 0.3 is 19.8 Å². The van der Waals surface area contributed by atoms with Crippen molar-refractivity contribution in [2.75, 3.05) is 13.2 Å². The molecule has 1 saturated carbocycles. The van der Waals surface area contributed by atoms with Crippen molar-refractivity contribution in [1.82, 2.24) is 0 Å². The minimum atomic E-state index is -5.15. The highest BCUT2D eigenvalue weighted by Gasteiger charge is 2.51. The summed E-state index contributed by atoms with van der Waals surface area (Å²) in [6, 6.07) is 0. The van der Waals surface area contributed by atoms with E-state index in [2.05, 4.69) is 68.5 Å². The zero-order chi connectivity index (χ0) is 46.4. The van der Waals surface area contributed by atoms with Gasteiger partial charge in [-0.2, -0.15) is 0 Å². The maximum atomic E-state index is 12.8. The van der Waals surface area contributed by atoms with Crippen LogP contribution in [0.5, 0.6) is 0 Å². The zero-order valence-electron chi connectivity index (χ0n) is 37.6. The molecule has 0 bridgehead atoms. The Morgan fingerprint density at radius 3 is 1.59 bits per heavy atom. The fourth-order valence-corrected chi connectivity index (χ4v) is 7.02. The molecule has 0 aliphatic heterocycles. The first kappa shape index (κ1) is 57.5. The lowest BCUT2D eigenvalue weighted by Gasteiger charge is -2.41. The Kier molecular flexibility index (Phi) is 34.6. The van der Waals surface area contributed by atoms with Crippen molar-refractivity contribution in [2.45, 2.75) is 172 Å². The molecule has 0 heterocycles. The Labute approximate surface area is 376 Å². The molecule has 63 heavy (non-hydrogen) atoms. The molecule has 0 spiro atoms. The molecule has 0 aromatic rings. The SMILES string of the molecule is CC/C=C/C=C/C=C/C=C/CCCCCCCC(=O)OC[C@H](COP(=O)(O)OC1C(O)C(O)C(O)[C@@H](O)C1O)OC(=O)CC/C=C/C/C=C/C/C=C/C/C=C/C/C=C/CCCCC. The van der Waals surface area contributed by atoms with Crippen molar-refractivity contribution in [1.29, 1.82) is 0 Å². The van der Waals surface area contributed by atoms with Crippen LogP contribution in [-0.2, 0) is 32.7 Å². The summed E-state index contributed by atoms with van der Waals surface area (Å²) in [6.45, 7) is 3.03. The molecule has 0 amide bonds. The first-order chi connectivity index (χ1) is 30.4. The van der Waals surface area contributed by atoms with Crippen LogP contribution >= 0.6 is 7.82 Å². The molecule has 0 aromatic heterocycles. The van der Waals surface area contributed by atoms with Crippen molar-refractivity contribution in [3.8, 4) is 0 Å².